The van der Waals surface area contributed by atoms with Crippen LogP contribution in [0.25, 0.3) is 93.9 Å². The SMILES string of the molecule is c1ccc(-c2ccc(N(c3ccc(-c4ccccc4)cc3)c3ccc4oc5ccc(-c6cccc(-c7ccc8c9ccccc9n(-c9ccccc9)c8c7)c6)cc5c4c3)cc2)cc1. The number of para-hydroxylation sites is 2. The summed E-state index contributed by atoms with van der Waals surface area (Å²) in [4.78, 5) is 2.34. The molecule has 296 valence electrons. The second-order valence-corrected chi connectivity index (χ2v) is 16.2. The first-order chi connectivity index (χ1) is 31.2. The molecule has 3 heteroatoms. The molecule has 2 heterocycles. The highest BCUT2D eigenvalue weighted by atomic mass is 16.3. The van der Waals surface area contributed by atoms with Crippen molar-refractivity contribution in [1.29, 1.82) is 0 Å². The van der Waals surface area contributed by atoms with Crippen LogP contribution >= 0.6 is 0 Å². The minimum Gasteiger partial charge on any atom is -0.456 e. The molecule has 0 atom stereocenters. The fourth-order valence-corrected chi connectivity index (χ4v) is 9.28. The smallest absolute Gasteiger partial charge is 0.135 e. The van der Waals surface area contributed by atoms with Crippen molar-refractivity contribution in [3.8, 4) is 50.2 Å². The first-order valence-corrected chi connectivity index (χ1v) is 21.5. The quantitative estimate of drug-likeness (QED) is 0.153. The summed E-state index contributed by atoms with van der Waals surface area (Å²) >= 11 is 0. The van der Waals surface area contributed by atoms with Gasteiger partial charge in [-0.25, -0.2) is 0 Å². The van der Waals surface area contributed by atoms with Crippen LogP contribution in [0.15, 0.2) is 247 Å². The third kappa shape index (κ3) is 6.55. The summed E-state index contributed by atoms with van der Waals surface area (Å²) in [5.41, 5.74) is 17.9. The zero-order valence-corrected chi connectivity index (χ0v) is 34.4. The summed E-state index contributed by atoms with van der Waals surface area (Å²) < 4.78 is 8.88. The molecule has 12 rings (SSSR count). The number of hydrogen-bond donors (Lipinski definition) is 0. The lowest BCUT2D eigenvalue weighted by Gasteiger charge is -2.26. The summed E-state index contributed by atoms with van der Waals surface area (Å²) in [5.74, 6) is 0. The molecule has 0 aliphatic rings. The summed E-state index contributed by atoms with van der Waals surface area (Å²) in [6, 6.07) is 87.0. The molecule has 2 aromatic heterocycles. The Bertz CT molecular complexity index is 3500. The van der Waals surface area contributed by atoms with E-state index in [-0.39, 0.29) is 0 Å². The Hall–Kier alpha value is -8.40. The number of aromatic nitrogens is 1. The van der Waals surface area contributed by atoms with Gasteiger partial charge in [0.05, 0.1) is 11.0 Å². The Kier molecular flexibility index (Phi) is 8.83. The number of fused-ring (bicyclic) bond motifs is 6. The molecule has 0 amide bonds. The fraction of sp³-hybridized carbons (Fsp3) is 0. The van der Waals surface area contributed by atoms with Gasteiger partial charge in [0.2, 0.25) is 0 Å². The van der Waals surface area contributed by atoms with Gasteiger partial charge < -0.3 is 13.9 Å². The molecule has 0 spiro atoms. The molecule has 0 aliphatic heterocycles. The number of anilines is 3. The van der Waals surface area contributed by atoms with Crippen LogP contribution in [0.3, 0.4) is 0 Å². The Labute approximate surface area is 366 Å². The van der Waals surface area contributed by atoms with Gasteiger partial charge >= 0.3 is 0 Å². The number of benzene rings is 10. The highest BCUT2D eigenvalue weighted by molar-refractivity contribution is 6.11. The van der Waals surface area contributed by atoms with Crippen molar-refractivity contribution >= 4 is 60.8 Å². The molecule has 3 nitrogen and oxygen atoms in total. The maximum Gasteiger partial charge on any atom is 0.135 e. The van der Waals surface area contributed by atoms with Crippen molar-refractivity contribution in [1.82, 2.24) is 4.57 Å². The third-order valence-electron chi connectivity index (χ3n) is 12.4. The number of hydrogen-bond acceptors (Lipinski definition) is 2. The molecule has 63 heavy (non-hydrogen) atoms. The number of rotatable bonds is 8. The predicted molar refractivity (Wildman–Crippen MR) is 264 cm³/mol. The number of furan rings is 1. The zero-order chi connectivity index (χ0) is 41.7. The molecule has 10 aromatic carbocycles. The Balaban J connectivity index is 0.938. The van der Waals surface area contributed by atoms with E-state index in [0.717, 1.165) is 55.8 Å². The monoisotopic (exact) mass is 804 g/mol. The molecule has 0 radical (unpaired) electrons. The van der Waals surface area contributed by atoms with E-state index in [0.29, 0.717) is 0 Å². The lowest BCUT2D eigenvalue weighted by Crippen LogP contribution is -2.09. The van der Waals surface area contributed by atoms with Crippen LogP contribution in [0, 0.1) is 0 Å². The highest BCUT2D eigenvalue weighted by Crippen LogP contribution is 2.42. The van der Waals surface area contributed by atoms with Gasteiger partial charge in [-0.3, -0.25) is 0 Å². The first kappa shape index (κ1) is 36.5. The van der Waals surface area contributed by atoms with Crippen LogP contribution < -0.4 is 4.90 Å². The second kappa shape index (κ2) is 15.3. The molecule has 0 N–H and O–H groups in total. The fourth-order valence-electron chi connectivity index (χ4n) is 9.28. The summed E-state index contributed by atoms with van der Waals surface area (Å²) in [7, 11) is 0. The minimum absolute atomic E-state index is 0.862. The predicted octanol–water partition coefficient (Wildman–Crippen LogP) is 16.8. The third-order valence-corrected chi connectivity index (χ3v) is 12.4. The van der Waals surface area contributed by atoms with Gasteiger partial charge in [-0.05, 0) is 129 Å². The normalized spacial score (nSPS) is 11.5. The molecular weight excluding hydrogens is 765 g/mol. The highest BCUT2D eigenvalue weighted by Gasteiger charge is 2.18. The van der Waals surface area contributed by atoms with Crippen LogP contribution in [0.1, 0.15) is 0 Å². The van der Waals surface area contributed by atoms with Gasteiger partial charge in [0, 0.05) is 44.3 Å². The first-order valence-electron chi connectivity index (χ1n) is 21.5. The van der Waals surface area contributed by atoms with E-state index in [1.54, 1.807) is 0 Å². The largest absolute Gasteiger partial charge is 0.456 e. The average molecular weight is 805 g/mol. The molecule has 12 aromatic rings. The molecule has 0 fully saturated rings. The average Bonchev–Trinajstić information content (AvgIpc) is 3.90. The molecule has 0 unspecified atom stereocenters. The summed E-state index contributed by atoms with van der Waals surface area (Å²) in [6.07, 6.45) is 0. The Morgan fingerprint density at radius 3 is 1.37 bits per heavy atom. The molecule has 0 saturated carbocycles. The number of nitrogens with zero attached hydrogens (tertiary/aromatic N) is 2. The van der Waals surface area contributed by atoms with Crippen molar-refractivity contribution in [3.05, 3.63) is 243 Å². The minimum atomic E-state index is 0.862. The van der Waals surface area contributed by atoms with Crippen LogP contribution in [0.4, 0.5) is 17.1 Å². The standard InChI is InChI=1S/C60H40N2O/c1-4-13-41(14-5-1)43-23-29-50(30-24-43)61(51-31-25-44(26-32-51)42-15-6-2-7-16-42)52-33-36-60-56(40-52)55-38-47(28-35-59(55)63-60)45-17-12-18-46(37-45)48-27-34-54-53-21-10-11-22-57(53)62(58(54)39-48)49-19-8-3-9-20-49/h1-40H. The summed E-state index contributed by atoms with van der Waals surface area (Å²) in [6.45, 7) is 0. The van der Waals surface area contributed by atoms with E-state index in [9.17, 15) is 0 Å². The van der Waals surface area contributed by atoms with Crippen LogP contribution in [0.2, 0.25) is 0 Å². The van der Waals surface area contributed by atoms with Gasteiger partial charge in [0.1, 0.15) is 11.2 Å². The van der Waals surface area contributed by atoms with Crippen molar-refractivity contribution in [2.45, 2.75) is 0 Å². The molecule has 0 saturated heterocycles. The maximum atomic E-state index is 6.50. The van der Waals surface area contributed by atoms with Crippen LogP contribution in [-0.4, -0.2) is 4.57 Å². The van der Waals surface area contributed by atoms with Crippen molar-refractivity contribution in [3.63, 3.8) is 0 Å². The Morgan fingerprint density at radius 1 is 0.270 bits per heavy atom. The maximum absolute atomic E-state index is 6.50. The van der Waals surface area contributed by atoms with Crippen molar-refractivity contribution < 1.29 is 4.42 Å². The molecule has 0 bridgehead atoms. The van der Waals surface area contributed by atoms with Crippen LogP contribution in [-0.2, 0) is 0 Å². The second-order valence-electron chi connectivity index (χ2n) is 16.2. The van der Waals surface area contributed by atoms with E-state index in [4.69, 9.17) is 4.42 Å². The van der Waals surface area contributed by atoms with E-state index in [1.807, 2.05) is 0 Å². The molecule has 0 aliphatic carbocycles. The van der Waals surface area contributed by atoms with E-state index in [1.165, 1.54) is 55.2 Å². The summed E-state index contributed by atoms with van der Waals surface area (Å²) in [5, 5.41) is 4.66. The van der Waals surface area contributed by atoms with Crippen molar-refractivity contribution in [2.75, 3.05) is 4.90 Å². The van der Waals surface area contributed by atoms with Gasteiger partial charge in [-0.15, -0.1) is 0 Å². The molecular formula is C60H40N2O. The van der Waals surface area contributed by atoms with Gasteiger partial charge in [0.15, 0.2) is 0 Å². The van der Waals surface area contributed by atoms with Gasteiger partial charge in [-0.2, -0.15) is 0 Å². The van der Waals surface area contributed by atoms with Gasteiger partial charge in [-0.1, -0.05) is 158 Å². The van der Waals surface area contributed by atoms with E-state index >= 15 is 0 Å². The lowest BCUT2D eigenvalue weighted by atomic mass is 9.97. The topological polar surface area (TPSA) is 21.3 Å². The zero-order valence-electron chi connectivity index (χ0n) is 34.4. The van der Waals surface area contributed by atoms with Crippen LogP contribution in [0.5, 0.6) is 0 Å². The lowest BCUT2D eigenvalue weighted by molar-refractivity contribution is 0.669. The van der Waals surface area contributed by atoms with E-state index in [2.05, 4.69) is 252 Å². The Morgan fingerprint density at radius 2 is 0.714 bits per heavy atom. The van der Waals surface area contributed by atoms with Gasteiger partial charge in [0.25, 0.3) is 0 Å². The van der Waals surface area contributed by atoms with E-state index < -0.39 is 0 Å². The van der Waals surface area contributed by atoms with Crippen molar-refractivity contribution in [2.24, 2.45) is 0 Å².